The van der Waals surface area contributed by atoms with Crippen molar-refractivity contribution in [3.8, 4) is 0 Å². The first-order valence-corrected chi connectivity index (χ1v) is 9.39. The molecule has 0 fully saturated rings. The van der Waals surface area contributed by atoms with Crippen LogP contribution in [0.25, 0.3) is 0 Å². The third kappa shape index (κ3) is 3.89. The van der Waals surface area contributed by atoms with E-state index < -0.39 is 0 Å². The van der Waals surface area contributed by atoms with Gasteiger partial charge < -0.3 is 15.2 Å². The van der Waals surface area contributed by atoms with Crippen LogP contribution in [0.4, 0.5) is 0 Å². The summed E-state index contributed by atoms with van der Waals surface area (Å²) in [6.45, 7) is 11.6. The van der Waals surface area contributed by atoms with Gasteiger partial charge in [0.05, 0.1) is 12.2 Å². The van der Waals surface area contributed by atoms with Gasteiger partial charge in [-0.2, -0.15) is 5.10 Å². The molecule has 8 heteroatoms. The number of guanidine groups is 1. The van der Waals surface area contributed by atoms with E-state index in [-0.39, 0.29) is 0 Å². The summed E-state index contributed by atoms with van der Waals surface area (Å²) in [4.78, 5) is 4.76. The summed E-state index contributed by atoms with van der Waals surface area (Å²) in [5, 5.41) is 19.8. The summed E-state index contributed by atoms with van der Waals surface area (Å²) in [5.74, 6) is 3.54. The van der Waals surface area contributed by atoms with Gasteiger partial charge >= 0.3 is 0 Å². The SMILES string of the molecule is CCNC(=NCc1c(C)nn(C)c1C)NCC1CCc2nnc(C)n2C1. The molecule has 2 N–H and O–H groups in total. The average Bonchev–Trinajstić information content (AvgIpc) is 3.10. The molecule has 0 aliphatic carbocycles. The molecule has 1 aliphatic rings. The first kappa shape index (κ1) is 18.4. The third-order valence-corrected chi connectivity index (χ3v) is 5.19. The first-order valence-electron chi connectivity index (χ1n) is 9.39. The topological polar surface area (TPSA) is 84.9 Å². The molecule has 1 unspecified atom stereocenters. The highest BCUT2D eigenvalue weighted by Crippen LogP contribution is 2.19. The average molecular weight is 358 g/mol. The van der Waals surface area contributed by atoms with Crippen molar-refractivity contribution in [3.63, 3.8) is 0 Å². The van der Waals surface area contributed by atoms with Crippen LogP contribution in [0.1, 0.15) is 41.9 Å². The molecule has 0 amide bonds. The van der Waals surface area contributed by atoms with Crippen molar-refractivity contribution in [2.45, 2.75) is 53.6 Å². The summed E-state index contributed by atoms with van der Waals surface area (Å²) in [5.41, 5.74) is 3.42. The maximum Gasteiger partial charge on any atom is 0.191 e. The molecular formula is C18H30N8. The lowest BCUT2D eigenvalue weighted by Gasteiger charge is -2.25. The van der Waals surface area contributed by atoms with E-state index in [1.54, 1.807) is 0 Å². The Kier molecular flexibility index (Phi) is 5.58. The van der Waals surface area contributed by atoms with Gasteiger partial charge in [-0.3, -0.25) is 4.68 Å². The van der Waals surface area contributed by atoms with E-state index in [1.165, 1.54) is 11.3 Å². The number of hydrogen-bond donors (Lipinski definition) is 2. The second kappa shape index (κ2) is 7.88. The number of aromatic nitrogens is 5. The predicted octanol–water partition coefficient (Wildman–Crippen LogP) is 1.25. The Bertz CT molecular complexity index is 785. The highest BCUT2D eigenvalue weighted by molar-refractivity contribution is 5.79. The van der Waals surface area contributed by atoms with Gasteiger partial charge in [0.25, 0.3) is 0 Å². The number of aliphatic imine (C=N–C) groups is 1. The zero-order chi connectivity index (χ0) is 18.7. The minimum atomic E-state index is 0.558. The van der Waals surface area contributed by atoms with E-state index in [2.05, 4.69) is 44.3 Å². The van der Waals surface area contributed by atoms with Gasteiger partial charge in [-0.25, -0.2) is 4.99 Å². The van der Waals surface area contributed by atoms with Crippen LogP contribution in [0.15, 0.2) is 4.99 Å². The Morgan fingerprint density at radius 1 is 1.23 bits per heavy atom. The van der Waals surface area contributed by atoms with Crippen LogP contribution in [0.3, 0.4) is 0 Å². The molecule has 0 saturated carbocycles. The van der Waals surface area contributed by atoms with Gasteiger partial charge in [0.15, 0.2) is 5.96 Å². The second-order valence-electron chi connectivity index (χ2n) is 7.03. The van der Waals surface area contributed by atoms with E-state index in [0.717, 1.165) is 55.8 Å². The summed E-state index contributed by atoms with van der Waals surface area (Å²) < 4.78 is 4.16. The van der Waals surface area contributed by atoms with Gasteiger partial charge in [0, 0.05) is 44.4 Å². The standard InChI is InChI=1S/C18H30N8/c1-6-19-18(21-10-16-12(2)24-25(5)13(16)3)20-9-15-7-8-17-23-22-14(4)26(17)11-15/h15H,6-11H2,1-5H3,(H2,19,20,21). The number of rotatable bonds is 5. The Hall–Kier alpha value is -2.38. The molecular weight excluding hydrogens is 328 g/mol. The summed E-state index contributed by atoms with van der Waals surface area (Å²) >= 11 is 0. The normalized spacial score (nSPS) is 17.3. The van der Waals surface area contributed by atoms with Crippen LogP contribution in [0, 0.1) is 26.7 Å². The Balaban J connectivity index is 1.61. The van der Waals surface area contributed by atoms with Crippen molar-refractivity contribution in [3.05, 3.63) is 28.6 Å². The van der Waals surface area contributed by atoms with E-state index >= 15 is 0 Å². The molecule has 1 atom stereocenters. The molecule has 8 nitrogen and oxygen atoms in total. The van der Waals surface area contributed by atoms with E-state index in [0.29, 0.717) is 12.5 Å². The summed E-state index contributed by atoms with van der Waals surface area (Å²) in [6, 6.07) is 0. The quantitative estimate of drug-likeness (QED) is 0.621. The van der Waals surface area contributed by atoms with Crippen LogP contribution in [0.5, 0.6) is 0 Å². The van der Waals surface area contributed by atoms with Gasteiger partial charge in [0.2, 0.25) is 0 Å². The van der Waals surface area contributed by atoms with Crippen molar-refractivity contribution >= 4 is 5.96 Å². The number of aryl methyl sites for hydroxylation is 4. The molecule has 0 aromatic carbocycles. The van der Waals surface area contributed by atoms with Crippen molar-refractivity contribution in [2.24, 2.45) is 18.0 Å². The molecule has 0 saturated heterocycles. The summed E-state index contributed by atoms with van der Waals surface area (Å²) in [6.07, 6.45) is 2.13. The lowest BCUT2D eigenvalue weighted by molar-refractivity contribution is 0.358. The van der Waals surface area contributed by atoms with Gasteiger partial charge in [-0.1, -0.05) is 0 Å². The lowest BCUT2D eigenvalue weighted by atomic mass is 9.99. The maximum atomic E-state index is 4.76. The van der Waals surface area contributed by atoms with E-state index in [4.69, 9.17) is 4.99 Å². The fourth-order valence-electron chi connectivity index (χ4n) is 3.48. The van der Waals surface area contributed by atoms with Crippen molar-refractivity contribution in [2.75, 3.05) is 13.1 Å². The molecule has 26 heavy (non-hydrogen) atoms. The van der Waals surface area contributed by atoms with Crippen LogP contribution < -0.4 is 10.6 Å². The molecule has 0 spiro atoms. The lowest BCUT2D eigenvalue weighted by Crippen LogP contribution is -2.41. The number of nitrogens with one attached hydrogen (secondary N) is 2. The van der Waals surface area contributed by atoms with Crippen LogP contribution in [0.2, 0.25) is 0 Å². The highest BCUT2D eigenvalue weighted by atomic mass is 15.3. The van der Waals surface area contributed by atoms with Gasteiger partial charge in [-0.15, -0.1) is 10.2 Å². The van der Waals surface area contributed by atoms with E-state index in [1.807, 2.05) is 25.6 Å². The molecule has 2 aromatic rings. The monoisotopic (exact) mass is 358 g/mol. The largest absolute Gasteiger partial charge is 0.357 e. The number of hydrogen-bond acceptors (Lipinski definition) is 4. The Morgan fingerprint density at radius 3 is 2.73 bits per heavy atom. The van der Waals surface area contributed by atoms with Crippen molar-refractivity contribution in [1.29, 1.82) is 0 Å². The second-order valence-corrected chi connectivity index (χ2v) is 7.03. The van der Waals surface area contributed by atoms with Crippen LogP contribution >= 0.6 is 0 Å². The van der Waals surface area contributed by atoms with Crippen LogP contribution in [-0.2, 0) is 26.6 Å². The Labute approximate surface area is 155 Å². The fourth-order valence-corrected chi connectivity index (χ4v) is 3.48. The number of fused-ring (bicyclic) bond motifs is 1. The third-order valence-electron chi connectivity index (χ3n) is 5.19. The highest BCUT2D eigenvalue weighted by Gasteiger charge is 2.21. The molecule has 0 radical (unpaired) electrons. The molecule has 3 rings (SSSR count). The van der Waals surface area contributed by atoms with Crippen LogP contribution in [-0.4, -0.2) is 43.6 Å². The first-order chi connectivity index (χ1) is 12.5. The van der Waals surface area contributed by atoms with Crippen molar-refractivity contribution in [1.82, 2.24) is 35.2 Å². The summed E-state index contributed by atoms with van der Waals surface area (Å²) in [7, 11) is 1.98. The zero-order valence-electron chi connectivity index (χ0n) is 16.5. The predicted molar refractivity (Wildman–Crippen MR) is 102 cm³/mol. The van der Waals surface area contributed by atoms with E-state index in [9.17, 15) is 0 Å². The molecule has 1 aliphatic heterocycles. The number of nitrogens with zero attached hydrogens (tertiary/aromatic N) is 6. The molecule has 0 bridgehead atoms. The van der Waals surface area contributed by atoms with Gasteiger partial charge in [-0.05, 0) is 40.0 Å². The molecule has 2 aromatic heterocycles. The minimum absolute atomic E-state index is 0.558. The smallest absolute Gasteiger partial charge is 0.191 e. The minimum Gasteiger partial charge on any atom is -0.357 e. The van der Waals surface area contributed by atoms with Gasteiger partial charge in [0.1, 0.15) is 11.6 Å². The molecule has 3 heterocycles. The fraction of sp³-hybridized carbons (Fsp3) is 0.667. The molecule has 142 valence electrons. The zero-order valence-corrected chi connectivity index (χ0v) is 16.5. The van der Waals surface area contributed by atoms with Crippen molar-refractivity contribution < 1.29 is 0 Å². The maximum absolute atomic E-state index is 4.76. The Morgan fingerprint density at radius 2 is 2.04 bits per heavy atom.